The molecule has 0 atom stereocenters. The standard InChI is InChI=1S/C46H32N2O/c1-46(2)38-22-12-9-21-33(38)45(49)37-25-34(29-15-5-3-6-16-29)42(27-39(37)46)48-41-24-14-11-20-32(41)36-26-35-31-19-10-13-23-40(31)47(43(35)28-44(36)48)30-17-7-4-8-18-30/h3-28H,1-2H3. The van der Waals surface area contributed by atoms with Gasteiger partial charge in [-0.05, 0) is 65.2 Å². The van der Waals surface area contributed by atoms with E-state index in [-0.39, 0.29) is 11.2 Å². The van der Waals surface area contributed by atoms with E-state index in [2.05, 4.69) is 156 Å². The summed E-state index contributed by atoms with van der Waals surface area (Å²) in [5, 5.41) is 4.87. The van der Waals surface area contributed by atoms with E-state index >= 15 is 0 Å². The van der Waals surface area contributed by atoms with Crippen molar-refractivity contribution >= 4 is 49.4 Å². The third kappa shape index (κ3) is 3.87. The Morgan fingerprint density at radius 1 is 0.429 bits per heavy atom. The quantitative estimate of drug-likeness (QED) is 0.191. The minimum atomic E-state index is -0.366. The molecule has 49 heavy (non-hydrogen) atoms. The smallest absolute Gasteiger partial charge is 0.193 e. The number of para-hydroxylation sites is 3. The number of fused-ring (bicyclic) bond motifs is 8. The highest BCUT2D eigenvalue weighted by molar-refractivity contribution is 6.20. The number of aromatic nitrogens is 2. The molecule has 0 saturated heterocycles. The van der Waals surface area contributed by atoms with E-state index in [9.17, 15) is 4.79 Å². The molecule has 7 aromatic carbocycles. The molecule has 10 rings (SSSR count). The number of hydrogen-bond acceptors (Lipinski definition) is 1. The van der Waals surface area contributed by atoms with Crippen molar-refractivity contribution < 1.29 is 4.79 Å². The molecule has 3 nitrogen and oxygen atoms in total. The molecule has 0 unspecified atom stereocenters. The van der Waals surface area contributed by atoms with Crippen LogP contribution in [0.1, 0.15) is 40.9 Å². The maximum absolute atomic E-state index is 14.2. The van der Waals surface area contributed by atoms with Crippen LogP contribution in [0.15, 0.2) is 158 Å². The van der Waals surface area contributed by atoms with Crippen molar-refractivity contribution in [3.05, 3.63) is 180 Å². The number of nitrogens with zero attached hydrogens (tertiary/aromatic N) is 2. The summed E-state index contributed by atoms with van der Waals surface area (Å²) in [6.07, 6.45) is 0. The van der Waals surface area contributed by atoms with Gasteiger partial charge in [-0.2, -0.15) is 0 Å². The molecule has 9 aromatic rings. The highest BCUT2D eigenvalue weighted by Gasteiger charge is 2.38. The van der Waals surface area contributed by atoms with Gasteiger partial charge in [0.05, 0.1) is 27.8 Å². The van der Waals surface area contributed by atoms with Crippen LogP contribution in [0.2, 0.25) is 0 Å². The molecule has 3 heteroatoms. The zero-order chi connectivity index (χ0) is 32.9. The summed E-state index contributed by atoms with van der Waals surface area (Å²) < 4.78 is 4.82. The van der Waals surface area contributed by atoms with Crippen LogP contribution < -0.4 is 0 Å². The first-order chi connectivity index (χ1) is 24.0. The Bertz CT molecular complexity index is 2800. The van der Waals surface area contributed by atoms with Crippen molar-refractivity contribution in [2.75, 3.05) is 0 Å². The van der Waals surface area contributed by atoms with Gasteiger partial charge in [0.2, 0.25) is 0 Å². The van der Waals surface area contributed by atoms with Crippen LogP contribution in [-0.2, 0) is 5.41 Å². The van der Waals surface area contributed by atoms with E-state index in [4.69, 9.17) is 0 Å². The van der Waals surface area contributed by atoms with Crippen LogP contribution in [0, 0.1) is 0 Å². The minimum Gasteiger partial charge on any atom is -0.309 e. The van der Waals surface area contributed by atoms with Gasteiger partial charge >= 0.3 is 0 Å². The van der Waals surface area contributed by atoms with Crippen molar-refractivity contribution in [2.45, 2.75) is 19.3 Å². The molecular weight excluding hydrogens is 597 g/mol. The summed E-state index contributed by atoms with van der Waals surface area (Å²) in [5.74, 6) is 0.0879. The molecule has 0 N–H and O–H groups in total. The Morgan fingerprint density at radius 2 is 1.00 bits per heavy atom. The Hall–Kier alpha value is -6.19. The number of carbonyl (C=O) groups excluding carboxylic acids is 1. The summed E-state index contributed by atoms with van der Waals surface area (Å²) in [4.78, 5) is 14.2. The van der Waals surface area contributed by atoms with E-state index in [0.29, 0.717) is 0 Å². The largest absolute Gasteiger partial charge is 0.309 e. The molecule has 0 amide bonds. The maximum Gasteiger partial charge on any atom is 0.193 e. The lowest BCUT2D eigenvalue weighted by Crippen LogP contribution is -2.30. The summed E-state index contributed by atoms with van der Waals surface area (Å²) in [7, 11) is 0. The second-order valence-electron chi connectivity index (χ2n) is 13.7. The Labute approximate surface area is 284 Å². The highest BCUT2D eigenvalue weighted by atomic mass is 16.1. The van der Waals surface area contributed by atoms with Gasteiger partial charge in [0.15, 0.2) is 5.78 Å². The third-order valence-corrected chi connectivity index (χ3v) is 10.7. The zero-order valence-corrected chi connectivity index (χ0v) is 27.3. The number of carbonyl (C=O) groups is 1. The van der Waals surface area contributed by atoms with E-state index in [0.717, 1.165) is 61.3 Å². The predicted octanol–water partition coefficient (Wildman–Crippen LogP) is 11.4. The molecule has 0 spiro atoms. The lowest BCUT2D eigenvalue weighted by atomic mass is 9.68. The van der Waals surface area contributed by atoms with E-state index < -0.39 is 0 Å². The van der Waals surface area contributed by atoms with E-state index in [1.54, 1.807) is 0 Å². The van der Waals surface area contributed by atoms with Crippen molar-refractivity contribution in [1.29, 1.82) is 0 Å². The number of benzene rings is 7. The van der Waals surface area contributed by atoms with Crippen LogP contribution in [0.3, 0.4) is 0 Å². The van der Waals surface area contributed by atoms with Gasteiger partial charge in [0.1, 0.15) is 0 Å². The van der Waals surface area contributed by atoms with Gasteiger partial charge in [0, 0.05) is 49.3 Å². The number of hydrogen-bond donors (Lipinski definition) is 0. The SMILES string of the molecule is CC1(C)c2ccccc2C(=O)c2cc(-c3ccccc3)c(-n3c4ccccc4c4cc5c6ccccc6n(-c6ccccc6)c5cc43)cc21. The van der Waals surface area contributed by atoms with Crippen LogP contribution in [0.25, 0.3) is 66.1 Å². The second-order valence-corrected chi connectivity index (χ2v) is 13.7. The van der Waals surface area contributed by atoms with Crippen molar-refractivity contribution in [2.24, 2.45) is 0 Å². The molecule has 1 aliphatic rings. The summed E-state index contributed by atoms with van der Waals surface area (Å²) in [6, 6.07) is 55.9. The third-order valence-electron chi connectivity index (χ3n) is 10.7. The first kappa shape index (κ1) is 27.9. The molecule has 2 aromatic heterocycles. The van der Waals surface area contributed by atoms with Crippen LogP contribution in [-0.4, -0.2) is 14.9 Å². The lowest BCUT2D eigenvalue weighted by Gasteiger charge is -2.35. The summed E-state index contributed by atoms with van der Waals surface area (Å²) in [5.41, 5.74) is 12.3. The van der Waals surface area contributed by atoms with Gasteiger partial charge < -0.3 is 9.13 Å². The number of ketones is 1. The fraction of sp³-hybridized carbons (Fsp3) is 0.0652. The fourth-order valence-corrected chi connectivity index (χ4v) is 8.39. The predicted molar refractivity (Wildman–Crippen MR) is 203 cm³/mol. The van der Waals surface area contributed by atoms with Gasteiger partial charge in [0.25, 0.3) is 0 Å². The monoisotopic (exact) mass is 628 g/mol. The molecule has 1 aliphatic carbocycles. The Kier molecular flexibility index (Phi) is 5.78. The molecule has 0 radical (unpaired) electrons. The molecule has 232 valence electrons. The first-order valence-corrected chi connectivity index (χ1v) is 16.9. The van der Waals surface area contributed by atoms with Gasteiger partial charge in [-0.15, -0.1) is 0 Å². The first-order valence-electron chi connectivity index (χ1n) is 16.9. The Balaban J connectivity index is 1.37. The topological polar surface area (TPSA) is 26.9 Å². The van der Waals surface area contributed by atoms with Crippen LogP contribution in [0.4, 0.5) is 0 Å². The minimum absolute atomic E-state index is 0.0879. The highest BCUT2D eigenvalue weighted by Crippen LogP contribution is 2.46. The van der Waals surface area contributed by atoms with Crippen LogP contribution in [0.5, 0.6) is 0 Å². The average Bonchev–Trinajstić information content (AvgIpc) is 3.65. The normalized spacial score (nSPS) is 13.7. The lowest BCUT2D eigenvalue weighted by molar-refractivity contribution is 0.103. The summed E-state index contributed by atoms with van der Waals surface area (Å²) in [6.45, 7) is 4.49. The fourth-order valence-electron chi connectivity index (χ4n) is 8.39. The van der Waals surface area contributed by atoms with Crippen molar-refractivity contribution in [3.8, 4) is 22.5 Å². The summed E-state index contributed by atoms with van der Waals surface area (Å²) >= 11 is 0. The maximum atomic E-state index is 14.2. The molecule has 2 heterocycles. The van der Waals surface area contributed by atoms with Gasteiger partial charge in [-0.3, -0.25) is 4.79 Å². The van der Waals surface area contributed by atoms with Gasteiger partial charge in [-0.25, -0.2) is 0 Å². The molecule has 0 bridgehead atoms. The van der Waals surface area contributed by atoms with E-state index in [1.165, 1.54) is 27.1 Å². The average molecular weight is 629 g/mol. The zero-order valence-electron chi connectivity index (χ0n) is 27.3. The molecule has 0 fully saturated rings. The number of rotatable bonds is 3. The van der Waals surface area contributed by atoms with Crippen molar-refractivity contribution in [1.82, 2.24) is 9.13 Å². The molecule has 0 aliphatic heterocycles. The van der Waals surface area contributed by atoms with Crippen LogP contribution >= 0.6 is 0 Å². The molecular formula is C46H32N2O. The van der Waals surface area contributed by atoms with Gasteiger partial charge in [-0.1, -0.05) is 123 Å². The molecule has 0 saturated carbocycles. The van der Waals surface area contributed by atoms with Crippen molar-refractivity contribution in [3.63, 3.8) is 0 Å². The Morgan fingerprint density at radius 3 is 1.71 bits per heavy atom. The second kappa shape index (κ2) is 10.2. The van der Waals surface area contributed by atoms with E-state index in [1.807, 2.05) is 24.3 Å².